The minimum atomic E-state index is -0.711. The van der Waals surface area contributed by atoms with Gasteiger partial charge in [0.05, 0.1) is 0 Å². The highest BCUT2D eigenvalue weighted by molar-refractivity contribution is 8.00. The van der Waals surface area contributed by atoms with Crippen LogP contribution in [0.25, 0.3) is 0 Å². The predicted octanol–water partition coefficient (Wildman–Crippen LogP) is 1.87. The lowest BCUT2D eigenvalue weighted by Gasteiger charge is -2.15. The van der Waals surface area contributed by atoms with E-state index >= 15 is 0 Å². The van der Waals surface area contributed by atoms with Crippen LogP contribution in [-0.2, 0) is 9.53 Å². The Morgan fingerprint density at radius 3 is 2.54 bits per heavy atom. The van der Waals surface area contributed by atoms with Gasteiger partial charge in [0, 0.05) is 13.7 Å². The van der Waals surface area contributed by atoms with Crippen LogP contribution >= 0.6 is 11.8 Å². The summed E-state index contributed by atoms with van der Waals surface area (Å²) in [6, 6.07) is 0. The smallest absolute Gasteiger partial charge is 0.316 e. The molecule has 0 saturated carbocycles. The Kier molecular flexibility index (Phi) is 7.09. The molecule has 0 amide bonds. The molecule has 0 radical (unpaired) electrons. The van der Waals surface area contributed by atoms with E-state index in [-0.39, 0.29) is 11.2 Å². The third kappa shape index (κ3) is 5.93. The zero-order chi connectivity index (χ0) is 10.3. The lowest BCUT2D eigenvalue weighted by Crippen LogP contribution is -2.23. The Morgan fingerprint density at radius 2 is 2.15 bits per heavy atom. The third-order valence-corrected chi connectivity index (χ3v) is 3.27. The molecule has 78 valence electrons. The van der Waals surface area contributed by atoms with Crippen molar-refractivity contribution in [3.63, 3.8) is 0 Å². The number of ether oxygens (including phenoxy) is 1. The molecule has 0 spiro atoms. The summed E-state index contributed by atoms with van der Waals surface area (Å²) in [6.07, 6.45) is 0.914. The first-order valence-electron chi connectivity index (χ1n) is 4.43. The molecule has 1 atom stereocenters. The second-order valence-electron chi connectivity index (χ2n) is 3.22. The van der Waals surface area contributed by atoms with Gasteiger partial charge in [-0.15, -0.1) is 11.8 Å². The number of carboxylic acid groups (broad SMARTS) is 1. The summed E-state index contributed by atoms with van der Waals surface area (Å²) in [5.74, 6) is 0.325. The van der Waals surface area contributed by atoms with E-state index < -0.39 is 5.97 Å². The molecule has 1 unspecified atom stereocenters. The van der Waals surface area contributed by atoms with E-state index in [0.717, 1.165) is 12.2 Å². The summed E-state index contributed by atoms with van der Waals surface area (Å²) in [5.41, 5.74) is 0. The monoisotopic (exact) mass is 206 g/mol. The highest BCUT2D eigenvalue weighted by Gasteiger charge is 2.20. The summed E-state index contributed by atoms with van der Waals surface area (Å²) in [6.45, 7) is 4.57. The Morgan fingerprint density at radius 1 is 1.54 bits per heavy atom. The maximum Gasteiger partial charge on any atom is 0.316 e. The zero-order valence-corrected chi connectivity index (χ0v) is 9.26. The van der Waals surface area contributed by atoms with E-state index in [1.54, 1.807) is 7.11 Å². The highest BCUT2D eigenvalue weighted by Crippen LogP contribution is 2.20. The summed E-state index contributed by atoms with van der Waals surface area (Å²) >= 11 is 1.50. The second kappa shape index (κ2) is 7.21. The number of carboxylic acids is 1. The van der Waals surface area contributed by atoms with Crippen LogP contribution < -0.4 is 0 Å². The Bertz CT molecular complexity index is 148. The fraction of sp³-hybridized carbons (Fsp3) is 0.889. The topological polar surface area (TPSA) is 46.5 Å². The SMILES string of the molecule is COCCCSC(C(=O)O)C(C)C. The standard InChI is InChI=1S/C9H18O3S/c1-7(2)8(9(10)11)13-6-4-5-12-3/h7-8H,4-6H2,1-3H3,(H,10,11). The summed E-state index contributed by atoms with van der Waals surface area (Å²) in [4.78, 5) is 10.8. The molecular weight excluding hydrogens is 188 g/mol. The fourth-order valence-electron chi connectivity index (χ4n) is 0.962. The third-order valence-electron chi connectivity index (χ3n) is 1.64. The van der Waals surface area contributed by atoms with Crippen molar-refractivity contribution >= 4 is 17.7 Å². The van der Waals surface area contributed by atoms with Gasteiger partial charge in [-0.2, -0.15) is 0 Å². The van der Waals surface area contributed by atoms with Crippen LogP contribution in [0.4, 0.5) is 0 Å². The van der Waals surface area contributed by atoms with Gasteiger partial charge in [0.15, 0.2) is 0 Å². The van der Waals surface area contributed by atoms with E-state index in [4.69, 9.17) is 9.84 Å². The molecule has 0 bridgehead atoms. The van der Waals surface area contributed by atoms with Crippen molar-refractivity contribution < 1.29 is 14.6 Å². The molecule has 0 saturated heterocycles. The lowest BCUT2D eigenvalue weighted by atomic mass is 10.1. The Labute approximate surface area is 83.9 Å². The number of aliphatic carboxylic acids is 1. The molecule has 3 nitrogen and oxygen atoms in total. The molecular formula is C9H18O3S. The van der Waals surface area contributed by atoms with Gasteiger partial charge in [0.25, 0.3) is 0 Å². The van der Waals surface area contributed by atoms with Crippen molar-refractivity contribution in [3.8, 4) is 0 Å². The summed E-state index contributed by atoms with van der Waals surface area (Å²) < 4.78 is 4.88. The molecule has 0 aromatic heterocycles. The van der Waals surface area contributed by atoms with Crippen molar-refractivity contribution in [3.05, 3.63) is 0 Å². The van der Waals surface area contributed by atoms with Gasteiger partial charge in [-0.1, -0.05) is 13.8 Å². The van der Waals surface area contributed by atoms with Crippen LogP contribution in [0.15, 0.2) is 0 Å². The molecule has 0 fully saturated rings. The van der Waals surface area contributed by atoms with Crippen LogP contribution in [0.5, 0.6) is 0 Å². The normalized spacial score (nSPS) is 13.2. The van der Waals surface area contributed by atoms with E-state index in [0.29, 0.717) is 6.61 Å². The highest BCUT2D eigenvalue weighted by atomic mass is 32.2. The van der Waals surface area contributed by atoms with Gasteiger partial charge in [-0.3, -0.25) is 4.79 Å². The number of methoxy groups -OCH3 is 1. The molecule has 13 heavy (non-hydrogen) atoms. The zero-order valence-electron chi connectivity index (χ0n) is 8.45. The molecule has 0 aliphatic carbocycles. The molecule has 0 rings (SSSR count). The van der Waals surface area contributed by atoms with E-state index in [2.05, 4.69) is 0 Å². The Hall–Kier alpha value is -0.220. The van der Waals surface area contributed by atoms with Gasteiger partial charge < -0.3 is 9.84 Å². The minimum absolute atomic E-state index is 0.185. The summed E-state index contributed by atoms with van der Waals surface area (Å²) in [5, 5.41) is 8.57. The number of thioether (sulfide) groups is 1. The first-order chi connectivity index (χ1) is 6.09. The minimum Gasteiger partial charge on any atom is -0.480 e. The van der Waals surface area contributed by atoms with Crippen LogP contribution in [0.3, 0.4) is 0 Å². The van der Waals surface area contributed by atoms with Crippen LogP contribution in [0.2, 0.25) is 0 Å². The average molecular weight is 206 g/mol. The molecule has 0 aromatic carbocycles. The molecule has 4 heteroatoms. The van der Waals surface area contributed by atoms with Gasteiger partial charge in [-0.05, 0) is 18.1 Å². The largest absolute Gasteiger partial charge is 0.480 e. The number of hydrogen-bond acceptors (Lipinski definition) is 3. The molecule has 1 N–H and O–H groups in total. The van der Waals surface area contributed by atoms with Crippen LogP contribution in [-0.4, -0.2) is 35.8 Å². The van der Waals surface area contributed by atoms with Gasteiger partial charge in [-0.25, -0.2) is 0 Å². The Balaban J connectivity index is 3.64. The molecule has 0 aliphatic heterocycles. The van der Waals surface area contributed by atoms with Crippen molar-refractivity contribution in [2.24, 2.45) is 5.92 Å². The van der Waals surface area contributed by atoms with E-state index in [1.807, 2.05) is 13.8 Å². The first kappa shape index (κ1) is 12.8. The van der Waals surface area contributed by atoms with E-state index in [9.17, 15) is 4.79 Å². The molecule has 0 heterocycles. The van der Waals surface area contributed by atoms with Gasteiger partial charge in [0.1, 0.15) is 5.25 Å². The number of rotatable bonds is 7. The lowest BCUT2D eigenvalue weighted by molar-refractivity contribution is -0.137. The molecule has 0 aromatic rings. The average Bonchev–Trinajstić information content (AvgIpc) is 2.02. The van der Waals surface area contributed by atoms with E-state index in [1.165, 1.54) is 11.8 Å². The van der Waals surface area contributed by atoms with Gasteiger partial charge in [0.2, 0.25) is 0 Å². The predicted molar refractivity (Wildman–Crippen MR) is 55.2 cm³/mol. The second-order valence-corrected chi connectivity index (χ2v) is 4.47. The van der Waals surface area contributed by atoms with Crippen molar-refractivity contribution in [2.45, 2.75) is 25.5 Å². The number of carbonyl (C=O) groups is 1. The number of hydrogen-bond donors (Lipinski definition) is 1. The van der Waals surface area contributed by atoms with Crippen molar-refractivity contribution in [1.29, 1.82) is 0 Å². The van der Waals surface area contributed by atoms with Crippen LogP contribution in [0.1, 0.15) is 20.3 Å². The first-order valence-corrected chi connectivity index (χ1v) is 5.47. The van der Waals surface area contributed by atoms with Crippen molar-refractivity contribution in [1.82, 2.24) is 0 Å². The fourth-order valence-corrected chi connectivity index (χ4v) is 2.03. The van der Waals surface area contributed by atoms with Crippen LogP contribution in [0, 0.1) is 5.92 Å². The quantitative estimate of drug-likeness (QED) is 0.646. The van der Waals surface area contributed by atoms with Crippen molar-refractivity contribution in [2.75, 3.05) is 19.5 Å². The maximum atomic E-state index is 10.8. The summed E-state index contributed by atoms with van der Waals surface area (Å²) in [7, 11) is 1.65. The maximum absolute atomic E-state index is 10.8. The molecule has 0 aliphatic rings. The van der Waals surface area contributed by atoms with Gasteiger partial charge >= 0.3 is 5.97 Å².